The lowest BCUT2D eigenvalue weighted by molar-refractivity contribution is -0.131. The van der Waals surface area contributed by atoms with Crippen molar-refractivity contribution in [2.45, 2.75) is 13.8 Å². The van der Waals surface area contributed by atoms with Crippen LogP contribution in [0.2, 0.25) is 0 Å². The number of carboxylic acid groups (broad SMARTS) is 1. The smallest absolute Gasteiger partial charge is 0.328 e. The van der Waals surface area contributed by atoms with Gasteiger partial charge >= 0.3 is 5.97 Å². The molecule has 0 spiro atoms. The van der Waals surface area contributed by atoms with Gasteiger partial charge in [0.15, 0.2) is 0 Å². The highest BCUT2D eigenvalue weighted by Gasteiger charge is 2.05. The summed E-state index contributed by atoms with van der Waals surface area (Å²) in [5, 5.41) is 8.93. The molecule has 0 aliphatic heterocycles. The van der Waals surface area contributed by atoms with Crippen LogP contribution in [0.25, 0.3) is 5.57 Å². The predicted octanol–water partition coefficient (Wildman–Crippen LogP) is 4.25. The van der Waals surface area contributed by atoms with Gasteiger partial charge in [0.05, 0.1) is 0 Å². The van der Waals surface area contributed by atoms with Gasteiger partial charge in [-0.3, -0.25) is 0 Å². The zero-order chi connectivity index (χ0) is 16.2. The highest BCUT2D eigenvalue weighted by atomic mass is 16.5. The van der Waals surface area contributed by atoms with Crippen molar-refractivity contribution < 1.29 is 14.6 Å². The first kappa shape index (κ1) is 17.7. The molecule has 0 heterocycles. The molecule has 0 amide bonds. The number of hydrogen-bond donors (Lipinski definition) is 1. The Morgan fingerprint density at radius 3 is 1.59 bits per heavy atom. The third-order valence-electron chi connectivity index (χ3n) is 2.85. The van der Waals surface area contributed by atoms with E-state index in [1.807, 2.05) is 74.5 Å². The second kappa shape index (κ2) is 10.4. The van der Waals surface area contributed by atoms with Gasteiger partial charge < -0.3 is 9.84 Å². The Kier molecular flexibility index (Phi) is 8.31. The molecular formula is C19H22O3. The normalized spacial score (nSPS) is 9.36. The molecule has 2 aromatic rings. The average molecular weight is 298 g/mol. The Balaban J connectivity index is 0.000000422. The van der Waals surface area contributed by atoms with E-state index in [1.165, 1.54) is 6.08 Å². The van der Waals surface area contributed by atoms with Gasteiger partial charge in [-0.1, -0.05) is 60.7 Å². The molecule has 1 N–H and O–H groups in total. The van der Waals surface area contributed by atoms with Gasteiger partial charge in [-0.05, 0) is 30.5 Å². The van der Waals surface area contributed by atoms with Crippen LogP contribution < -0.4 is 0 Å². The first-order chi connectivity index (χ1) is 10.7. The van der Waals surface area contributed by atoms with Crippen LogP contribution in [0.5, 0.6) is 0 Å². The summed E-state index contributed by atoms with van der Waals surface area (Å²) in [5.41, 5.74) is 2.53. The minimum atomic E-state index is -0.937. The van der Waals surface area contributed by atoms with Crippen LogP contribution >= 0.6 is 0 Å². The molecule has 0 fully saturated rings. The zero-order valence-corrected chi connectivity index (χ0v) is 13.0. The number of carboxylic acids is 1. The topological polar surface area (TPSA) is 46.5 Å². The molecule has 22 heavy (non-hydrogen) atoms. The Morgan fingerprint density at radius 2 is 1.32 bits per heavy atom. The maximum absolute atomic E-state index is 10.9. The molecule has 0 aliphatic rings. The molecule has 0 aromatic heterocycles. The van der Waals surface area contributed by atoms with Gasteiger partial charge in [0.25, 0.3) is 0 Å². The third-order valence-corrected chi connectivity index (χ3v) is 2.85. The highest BCUT2D eigenvalue weighted by Crippen LogP contribution is 2.22. The molecule has 2 rings (SSSR count). The lowest BCUT2D eigenvalue weighted by Gasteiger charge is -2.06. The summed E-state index contributed by atoms with van der Waals surface area (Å²) >= 11 is 0. The Hall–Kier alpha value is -2.39. The second-order valence-corrected chi connectivity index (χ2v) is 4.41. The van der Waals surface area contributed by atoms with Gasteiger partial charge in [-0.25, -0.2) is 4.79 Å². The average Bonchev–Trinajstić information content (AvgIpc) is 2.55. The largest absolute Gasteiger partial charge is 0.478 e. The number of benzene rings is 2. The van der Waals surface area contributed by atoms with Crippen molar-refractivity contribution in [3.8, 4) is 0 Å². The number of aliphatic carboxylic acids is 1. The van der Waals surface area contributed by atoms with Crippen LogP contribution in [0.4, 0.5) is 0 Å². The maximum Gasteiger partial charge on any atom is 0.328 e. The fourth-order valence-electron chi connectivity index (χ4n) is 1.90. The molecule has 2 aromatic carbocycles. The SMILES string of the molecule is CCOCC.O=C(O)C=C(c1ccccc1)c1ccccc1. The maximum atomic E-state index is 10.9. The lowest BCUT2D eigenvalue weighted by atomic mass is 9.98. The summed E-state index contributed by atoms with van der Waals surface area (Å²) in [6.45, 7) is 5.67. The van der Waals surface area contributed by atoms with Gasteiger partial charge in [0, 0.05) is 19.3 Å². The number of ether oxygens (including phenoxy) is 1. The Labute approximate surface area is 131 Å². The van der Waals surface area contributed by atoms with E-state index >= 15 is 0 Å². The summed E-state index contributed by atoms with van der Waals surface area (Å²) in [6, 6.07) is 19.0. The monoisotopic (exact) mass is 298 g/mol. The fraction of sp³-hybridized carbons (Fsp3) is 0.211. The molecule has 0 atom stereocenters. The molecule has 0 saturated heterocycles. The van der Waals surface area contributed by atoms with E-state index in [9.17, 15) is 4.79 Å². The van der Waals surface area contributed by atoms with Crippen LogP contribution in [0.3, 0.4) is 0 Å². The van der Waals surface area contributed by atoms with Gasteiger partial charge in [0.1, 0.15) is 0 Å². The molecule has 3 heteroatoms. The fourth-order valence-corrected chi connectivity index (χ4v) is 1.90. The first-order valence-electron chi connectivity index (χ1n) is 7.32. The molecular weight excluding hydrogens is 276 g/mol. The number of rotatable bonds is 5. The van der Waals surface area contributed by atoms with Crippen molar-refractivity contribution >= 4 is 11.5 Å². The van der Waals surface area contributed by atoms with Crippen molar-refractivity contribution in [2.75, 3.05) is 13.2 Å². The van der Waals surface area contributed by atoms with E-state index in [1.54, 1.807) is 0 Å². The predicted molar refractivity (Wildman–Crippen MR) is 89.8 cm³/mol. The van der Waals surface area contributed by atoms with E-state index in [0.29, 0.717) is 0 Å². The van der Waals surface area contributed by atoms with Crippen molar-refractivity contribution in [3.63, 3.8) is 0 Å². The Morgan fingerprint density at radius 1 is 0.909 bits per heavy atom. The van der Waals surface area contributed by atoms with Crippen LogP contribution in [-0.4, -0.2) is 24.3 Å². The van der Waals surface area contributed by atoms with Crippen molar-refractivity contribution in [1.82, 2.24) is 0 Å². The van der Waals surface area contributed by atoms with E-state index in [4.69, 9.17) is 9.84 Å². The molecule has 116 valence electrons. The molecule has 0 saturated carbocycles. The first-order valence-corrected chi connectivity index (χ1v) is 7.32. The van der Waals surface area contributed by atoms with Crippen molar-refractivity contribution in [3.05, 3.63) is 77.9 Å². The van der Waals surface area contributed by atoms with Crippen LogP contribution in [-0.2, 0) is 9.53 Å². The van der Waals surface area contributed by atoms with E-state index < -0.39 is 5.97 Å². The highest BCUT2D eigenvalue weighted by molar-refractivity contribution is 5.95. The summed E-state index contributed by atoms with van der Waals surface area (Å²) < 4.78 is 4.83. The van der Waals surface area contributed by atoms with Gasteiger partial charge in [0.2, 0.25) is 0 Å². The van der Waals surface area contributed by atoms with E-state index in [0.717, 1.165) is 29.9 Å². The Bertz CT molecular complexity index is 531. The molecule has 0 aliphatic carbocycles. The molecule has 0 bridgehead atoms. The van der Waals surface area contributed by atoms with Gasteiger partial charge in [-0.15, -0.1) is 0 Å². The summed E-state index contributed by atoms with van der Waals surface area (Å²) in [4.78, 5) is 10.9. The zero-order valence-electron chi connectivity index (χ0n) is 13.0. The molecule has 3 nitrogen and oxygen atoms in total. The second-order valence-electron chi connectivity index (χ2n) is 4.41. The summed E-state index contributed by atoms with van der Waals surface area (Å²) in [7, 11) is 0. The molecule has 0 unspecified atom stereocenters. The van der Waals surface area contributed by atoms with E-state index in [-0.39, 0.29) is 0 Å². The van der Waals surface area contributed by atoms with Crippen molar-refractivity contribution in [2.24, 2.45) is 0 Å². The van der Waals surface area contributed by atoms with Crippen LogP contribution in [0.1, 0.15) is 25.0 Å². The summed E-state index contributed by atoms with van der Waals surface area (Å²) in [6.07, 6.45) is 1.24. The van der Waals surface area contributed by atoms with Gasteiger partial charge in [-0.2, -0.15) is 0 Å². The third kappa shape index (κ3) is 6.37. The number of carbonyl (C=O) groups is 1. The lowest BCUT2D eigenvalue weighted by Crippen LogP contribution is -1.94. The van der Waals surface area contributed by atoms with Crippen LogP contribution in [0.15, 0.2) is 66.7 Å². The minimum absolute atomic E-state index is 0.721. The van der Waals surface area contributed by atoms with E-state index in [2.05, 4.69) is 0 Å². The quantitative estimate of drug-likeness (QED) is 0.840. The number of hydrogen-bond acceptors (Lipinski definition) is 2. The van der Waals surface area contributed by atoms with Crippen LogP contribution in [0, 0.1) is 0 Å². The summed E-state index contributed by atoms with van der Waals surface area (Å²) in [5.74, 6) is -0.937. The minimum Gasteiger partial charge on any atom is -0.478 e. The standard InChI is InChI=1S/C15H12O2.C4H10O/c16-15(17)11-14(12-7-3-1-4-8-12)13-9-5-2-6-10-13;1-3-5-4-2/h1-11H,(H,16,17);3-4H2,1-2H3. The molecule has 0 radical (unpaired) electrons. The van der Waals surface area contributed by atoms with Crippen molar-refractivity contribution in [1.29, 1.82) is 0 Å².